The number of amides is 2. The predicted molar refractivity (Wildman–Crippen MR) is 309 cm³/mol. The molecule has 20 nitrogen and oxygen atoms in total. The minimum absolute atomic E-state index is 0.0242. The van der Waals surface area contributed by atoms with Gasteiger partial charge in [-0.15, -0.1) is 0 Å². The van der Waals surface area contributed by atoms with Crippen molar-refractivity contribution < 1.29 is 9.59 Å². The highest BCUT2D eigenvalue weighted by Gasteiger charge is 2.25. The largest absolute Gasteiger partial charge is 0.369 e. The molecule has 2 aliphatic heterocycles. The fourth-order valence-corrected chi connectivity index (χ4v) is 10.1. The molecule has 0 atom stereocenters. The summed E-state index contributed by atoms with van der Waals surface area (Å²) in [6.45, 7) is 12.3. The van der Waals surface area contributed by atoms with Crippen LogP contribution < -0.4 is 30.7 Å². The number of anilines is 3. The molecule has 3 N–H and O–H groups in total. The topological polar surface area (TPSA) is 203 Å². The Morgan fingerprint density at radius 2 is 1.03 bits per heavy atom. The van der Waals surface area contributed by atoms with E-state index in [1.54, 1.807) is 21.9 Å². The van der Waals surface area contributed by atoms with Gasteiger partial charge in [-0.05, 0) is 61.4 Å². The molecule has 2 saturated heterocycles. The van der Waals surface area contributed by atoms with Crippen LogP contribution in [-0.4, -0.2) is 123 Å². The van der Waals surface area contributed by atoms with Crippen LogP contribution in [0.3, 0.4) is 0 Å². The Kier molecular flexibility index (Phi) is 16.3. The number of nitrogens with zero attached hydrogens (tertiary/aromatic N) is 15. The number of hydrogen-bond donors (Lipinski definition) is 3. The quantitative estimate of drug-likeness (QED) is 0.111. The van der Waals surface area contributed by atoms with Gasteiger partial charge < -0.3 is 39.8 Å². The van der Waals surface area contributed by atoms with Gasteiger partial charge in [-0.3, -0.25) is 19.0 Å². The molecule has 4 aromatic carbocycles. The standard InChI is InChI=1S/C29H31N9O.C19H23N3O.C10H9ClN6/c1-20-7-6-9-21(15-20)29(39)30-16-22-8-4-5-10-24(22)37-11-13-38(14-12-37)28-25-27(31-19-32-28)36(3)26(34-25)23-17-33-35(2)18-23;1-15-5-4-7-16(13-15)19(23)21-14-17-6-2-3-8-18(17)22-11-9-20-10-12-22;1-16-4-6(3-14-16)9-15-7-8(11)12-5-13-10(7)17(9)2/h4-10,15,17-19H,11-14,16H2,1-3H3,(H,30,39);2-8,13,20H,9-12,14H2,1H3,(H,21,23);3-5H,1-2H3. The molecule has 0 saturated carbocycles. The van der Waals surface area contributed by atoms with Crippen LogP contribution in [0.5, 0.6) is 0 Å². The molecule has 404 valence electrons. The number of halogens is 1. The van der Waals surface area contributed by atoms with Gasteiger partial charge in [0, 0.05) is 129 Å². The van der Waals surface area contributed by atoms with Gasteiger partial charge in [0.2, 0.25) is 0 Å². The van der Waals surface area contributed by atoms with E-state index in [1.807, 2.05) is 130 Å². The first-order valence-electron chi connectivity index (χ1n) is 26.2. The molecule has 21 heteroatoms. The maximum atomic E-state index is 12.7. The molecule has 6 aromatic heterocycles. The highest BCUT2D eigenvalue weighted by Crippen LogP contribution is 2.30. The summed E-state index contributed by atoms with van der Waals surface area (Å²) in [7, 11) is 7.62. The maximum absolute atomic E-state index is 12.7. The van der Waals surface area contributed by atoms with Crippen molar-refractivity contribution in [1.82, 2.24) is 74.5 Å². The Morgan fingerprint density at radius 1 is 0.557 bits per heavy atom. The van der Waals surface area contributed by atoms with Crippen molar-refractivity contribution in [2.75, 3.05) is 67.1 Å². The normalized spacial score (nSPS) is 13.4. The number of aromatic nitrogens is 12. The molecular weight excluding hydrogens is 1020 g/mol. The van der Waals surface area contributed by atoms with Crippen LogP contribution in [0.4, 0.5) is 17.2 Å². The number of benzene rings is 4. The number of para-hydroxylation sites is 2. The third kappa shape index (κ3) is 12.2. The van der Waals surface area contributed by atoms with E-state index in [4.69, 9.17) is 16.6 Å². The summed E-state index contributed by atoms with van der Waals surface area (Å²) in [6.07, 6.45) is 10.5. The van der Waals surface area contributed by atoms with Gasteiger partial charge in [-0.25, -0.2) is 29.9 Å². The molecule has 2 fully saturated rings. The minimum atomic E-state index is -0.0629. The zero-order chi connectivity index (χ0) is 55.0. The average molecular weight is 1080 g/mol. The zero-order valence-corrected chi connectivity index (χ0v) is 45.9. The summed E-state index contributed by atoms with van der Waals surface area (Å²) in [5.74, 6) is 2.36. The monoisotopic (exact) mass is 1080 g/mol. The molecule has 0 bridgehead atoms. The molecule has 79 heavy (non-hydrogen) atoms. The van der Waals surface area contributed by atoms with Gasteiger partial charge in [-0.1, -0.05) is 83.4 Å². The fourth-order valence-electron chi connectivity index (χ4n) is 9.91. The van der Waals surface area contributed by atoms with Gasteiger partial charge in [-0.2, -0.15) is 10.2 Å². The molecule has 2 aliphatic rings. The lowest BCUT2D eigenvalue weighted by Gasteiger charge is -2.37. The van der Waals surface area contributed by atoms with Crippen molar-refractivity contribution in [2.24, 2.45) is 28.2 Å². The van der Waals surface area contributed by atoms with Crippen molar-refractivity contribution in [3.05, 3.63) is 173 Å². The number of carbonyl (C=O) groups excluding carboxylic acids is 2. The van der Waals surface area contributed by atoms with E-state index in [2.05, 4.69) is 102 Å². The van der Waals surface area contributed by atoms with Gasteiger partial charge in [0.15, 0.2) is 27.8 Å². The Labute approximate surface area is 463 Å². The van der Waals surface area contributed by atoms with Gasteiger partial charge in [0.05, 0.1) is 23.5 Å². The second-order valence-electron chi connectivity index (χ2n) is 19.6. The number of rotatable bonds is 11. The lowest BCUT2D eigenvalue weighted by molar-refractivity contribution is 0.0943. The maximum Gasteiger partial charge on any atom is 0.251 e. The molecule has 2 amide bonds. The van der Waals surface area contributed by atoms with Gasteiger partial charge in [0.1, 0.15) is 29.8 Å². The van der Waals surface area contributed by atoms with E-state index in [0.29, 0.717) is 40.5 Å². The second kappa shape index (κ2) is 24.1. The van der Waals surface area contributed by atoms with Crippen LogP contribution in [0.25, 0.3) is 45.1 Å². The summed E-state index contributed by atoms with van der Waals surface area (Å²) >= 11 is 5.99. The molecule has 0 spiro atoms. The van der Waals surface area contributed by atoms with E-state index >= 15 is 0 Å². The summed E-state index contributed by atoms with van der Waals surface area (Å²) in [4.78, 5) is 58.7. The van der Waals surface area contributed by atoms with E-state index in [-0.39, 0.29) is 11.8 Å². The van der Waals surface area contributed by atoms with E-state index in [9.17, 15) is 9.59 Å². The third-order valence-electron chi connectivity index (χ3n) is 14.0. The smallest absolute Gasteiger partial charge is 0.251 e. The highest BCUT2D eigenvalue weighted by molar-refractivity contribution is 6.33. The number of hydrogen-bond acceptors (Lipinski definition) is 14. The lowest BCUT2D eigenvalue weighted by atomic mass is 10.1. The Hall–Kier alpha value is -9.01. The van der Waals surface area contributed by atoms with E-state index in [1.165, 1.54) is 12.0 Å². The van der Waals surface area contributed by atoms with Crippen LogP contribution in [0.1, 0.15) is 43.0 Å². The first-order chi connectivity index (χ1) is 38.4. The van der Waals surface area contributed by atoms with Crippen LogP contribution in [0.2, 0.25) is 5.15 Å². The summed E-state index contributed by atoms with van der Waals surface area (Å²) in [5, 5.41) is 18.3. The number of piperazine rings is 2. The molecule has 0 unspecified atom stereocenters. The first-order valence-corrected chi connectivity index (χ1v) is 26.6. The summed E-state index contributed by atoms with van der Waals surface area (Å²) < 4.78 is 7.36. The number of nitrogens with one attached hydrogen (secondary N) is 3. The lowest BCUT2D eigenvalue weighted by Crippen LogP contribution is -2.47. The van der Waals surface area contributed by atoms with E-state index < -0.39 is 0 Å². The zero-order valence-electron chi connectivity index (χ0n) is 45.2. The minimum Gasteiger partial charge on any atom is -0.369 e. The number of fused-ring (bicyclic) bond motifs is 2. The molecule has 10 aromatic rings. The molecule has 12 rings (SSSR count). The van der Waals surface area contributed by atoms with Crippen molar-refractivity contribution in [3.8, 4) is 22.8 Å². The Bertz CT molecular complexity index is 3750. The molecular formula is C58H63ClN18O2. The predicted octanol–water partition coefficient (Wildman–Crippen LogP) is 7.08. The van der Waals surface area contributed by atoms with Crippen molar-refractivity contribution in [3.63, 3.8) is 0 Å². The number of aryl methyl sites for hydroxylation is 6. The second-order valence-corrected chi connectivity index (χ2v) is 19.9. The molecule has 0 radical (unpaired) electrons. The van der Waals surface area contributed by atoms with Gasteiger partial charge >= 0.3 is 0 Å². The molecule has 8 heterocycles. The Morgan fingerprint density at radius 3 is 1.52 bits per heavy atom. The summed E-state index contributed by atoms with van der Waals surface area (Å²) in [5.41, 5.74) is 13.0. The third-order valence-corrected chi connectivity index (χ3v) is 14.3. The average Bonchev–Trinajstić information content (AvgIpc) is 4.32. The van der Waals surface area contributed by atoms with Crippen LogP contribution in [0, 0.1) is 13.8 Å². The van der Waals surface area contributed by atoms with E-state index in [0.717, 1.165) is 120 Å². The fraction of sp³-hybridized carbons (Fsp3) is 0.276. The van der Waals surface area contributed by atoms with Crippen molar-refractivity contribution in [1.29, 1.82) is 0 Å². The van der Waals surface area contributed by atoms with Gasteiger partial charge in [0.25, 0.3) is 11.8 Å². The van der Waals surface area contributed by atoms with Crippen LogP contribution in [-0.2, 0) is 41.3 Å². The Balaban J connectivity index is 0.000000148. The first kappa shape index (κ1) is 53.4. The van der Waals surface area contributed by atoms with Crippen LogP contribution in [0.15, 0.2) is 135 Å². The molecule has 0 aliphatic carbocycles. The number of imidazole rings is 2. The number of carbonyl (C=O) groups is 2. The van der Waals surface area contributed by atoms with Crippen LogP contribution >= 0.6 is 11.6 Å². The SMILES string of the molecule is Cc1cccc(C(=O)NCc2ccccc2N2CCN(c3ncnc4c3nc(-c3cnn(C)c3)n4C)CC2)c1.Cc1cccc(C(=O)NCc2ccccc2N2CCNCC2)c1.Cn1cc(-c2nc3c(Cl)ncnc3n2C)cn1. The highest BCUT2D eigenvalue weighted by atomic mass is 35.5. The van der Waals surface area contributed by atoms with Crippen molar-refractivity contribution >= 4 is 62.9 Å². The summed E-state index contributed by atoms with van der Waals surface area (Å²) in [6, 6.07) is 31.9. The van der Waals surface area contributed by atoms with Crippen molar-refractivity contribution in [2.45, 2.75) is 26.9 Å².